The maximum Gasteiger partial charge on any atom is 0.00148 e. The van der Waals surface area contributed by atoms with Gasteiger partial charge >= 0.3 is 0 Å². The largest absolute Gasteiger partial charge is 0.303 e. The van der Waals surface area contributed by atoms with E-state index in [-0.39, 0.29) is 0 Å². The molecule has 1 nitrogen and oxygen atoms in total. The fourth-order valence-electron chi connectivity index (χ4n) is 2.77. The van der Waals surface area contributed by atoms with Crippen LogP contribution in [0.25, 0.3) is 0 Å². The van der Waals surface area contributed by atoms with Gasteiger partial charge in [0.1, 0.15) is 0 Å². The number of hydrogen-bond donors (Lipinski definition) is 0. The molecular formula is C10H19N. The highest BCUT2D eigenvalue weighted by Gasteiger charge is 2.35. The van der Waals surface area contributed by atoms with Crippen molar-refractivity contribution in [1.82, 2.24) is 4.90 Å². The van der Waals surface area contributed by atoms with E-state index in [1.54, 1.807) is 0 Å². The van der Waals surface area contributed by atoms with Crippen LogP contribution in [-0.2, 0) is 0 Å². The van der Waals surface area contributed by atoms with Crippen molar-refractivity contribution in [2.75, 3.05) is 19.6 Å². The zero-order valence-electron chi connectivity index (χ0n) is 7.71. The molecule has 3 heterocycles. The highest BCUT2D eigenvalue weighted by molar-refractivity contribution is 4.87. The van der Waals surface area contributed by atoms with E-state index in [2.05, 4.69) is 18.7 Å². The molecule has 0 saturated carbocycles. The van der Waals surface area contributed by atoms with E-state index < -0.39 is 0 Å². The van der Waals surface area contributed by atoms with Gasteiger partial charge in [0.25, 0.3) is 0 Å². The lowest BCUT2D eigenvalue weighted by Crippen LogP contribution is -2.48. The number of piperidine rings is 3. The summed E-state index contributed by atoms with van der Waals surface area (Å²) in [6.07, 6.45) is 2.95. The maximum absolute atomic E-state index is 2.64. The second-order valence-electron chi connectivity index (χ2n) is 4.55. The molecule has 3 aliphatic rings. The molecule has 0 spiro atoms. The lowest BCUT2D eigenvalue weighted by molar-refractivity contribution is 0.0277. The molecule has 0 aromatic carbocycles. The lowest BCUT2D eigenvalue weighted by Gasteiger charge is -2.46. The normalized spacial score (nSPS) is 43.4. The highest BCUT2D eigenvalue weighted by atomic mass is 15.1. The maximum atomic E-state index is 2.64. The predicted octanol–water partition coefficient (Wildman–Crippen LogP) is 1.98. The average Bonchev–Trinajstić information content (AvgIpc) is 2.06. The molecule has 3 aliphatic heterocycles. The monoisotopic (exact) mass is 153 g/mol. The van der Waals surface area contributed by atoms with E-state index in [0.29, 0.717) is 0 Å². The molecule has 0 N–H and O–H groups in total. The minimum atomic E-state index is 0.906. The average molecular weight is 153 g/mol. The zero-order valence-corrected chi connectivity index (χ0v) is 7.71. The van der Waals surface area contributed by atoms with Crippen LogP contribution in [-0.4, -0.2) is 24.5 Å². The Bertz CT molecular complexity index is 134. The van der Waals surface area contributed by atoms with E-state index in [4.69, 9.17) is 0 Å². The first-order valence-corrected chi connectivity index (χ1v) is 4.99. The predicted molar refractivity (Wildman–Crippen MR) is 47.5 cm³/mol. The molecule has 2 bridgehead atoms. The van der Waals surface area contributed by atoms with Crippen LogP contribution in [0.5, 0.6) is 0 Å². The lowest BCUT2D eigenvalue weighted by atomic mass is 9.74. The van der Waals surface area contributed by atoms with Gasteiger partial charge in [-0.25, -0.2) is 0 Å². The minimum absolute atomic E-state index is 0.906. The Morgan fingerprint density at radius 2 is 1.82 bits per heavy atom. The van der Waals surface area contributed by atoms with Crippen LogP contribution < -0.4 is 0 Å². The quantitative estimate of drug-likeness (QED) is 0.557. The minimum Gasteiger partial charge on any atom is -0.303 e. The molecule has 11 heavy (non-hydrogen) atoms. The van der Waals surface area contributed by atoms with Crippen molar-refractivity contribution in [3.8, 4) is 0 Å². The SMILES string of the molecule is CC(C)[C@H]1C[N@]2CC[C@H]1CC2. The van der Waals surface area contributed by atoms with E-state index in [0.717, 1.165) is 17.8 Å². The van der Waals surface area contributed by atoms with Crippen LogP contribution >= 0.6 is 0 Å². The van der Waals surface area contributed by atoms with Gasteiger partial charge in [0.15, 0.2) is 0 Å². The first-order chi connectivity index (χ1) is 5.27. The fourth-order valence-corrected chi connectivity index (χ4v) is 2.77. The highest BCUT2D eigenvalue weighted by Crippen LogP contribution is 2.36. The number of fused-ring (bicyclic) bond motifs is 3. The van der Waals surface area contributed by atoms with Crippen molar-refractivity contribution in [3.05, 3.63) is 0 Å². The second kappa shape index (κ2) is 2.78. The Balaban J connectivity index is 2.03. The van der Waals surface area contributed by atoms with Crippen molar-refractivity contribution < 1.29 is 0 Å². The Morgan fingerprint density at radius 3 is 2.09 bits per heavy atom. The molecule has 64 valence electrons. The second-order valence-corrected chi connectivity index (χ2v) is 4.55. The summed E-state index contributed by atoms with van der Waals surface area (Å²) in [6, 6.07) is 0. The van der Waals surface area contributed by atoms with Gasteiger partial charge in [-0.3, -0.25) is 0 Å². The van der Waals surface area contributed by atoms with E-state index in [1.807, 2.05) is 0 Å². The Kier molecular flexibility index (Phi) is 1.92. The van der Waals surface area contributed by atoms with Gasteiger partial charge in [0, 0.05) is 6.54 Å². The molecule has 3 rings (SSSR count). The van der Waals surface area contributed by atoms with Gasteiger partial charge in [-0.15, -0.1) is 0 Å². The molecule has 0 amide bonds. The summed E-state index contributed by atoms with van der Waals surface area (Å²) in [7, 11) is 0. The summed E-state index contributed by atoms with van der Waals surface area (Å²) in [5, 5.41) is 0. The third kappa shape index (κ3) is 1.31. The van der Waals surface area contributed by atoms with Crippen LogP contribution in [0, 0.1) is 17.8 Å². The van der Waals surface area contributed by atoms with Gasteiger partial charge in [0.05, 0.1) is 0 Å². The van der Waals surface area contributed by atoms with Crippen LogP contribution in [0.1, 0.15) is 26.7 Å². The summed E-state index contributed by atoms with van der Waals surface area (Å²) < 4.78 is 0. The van der Waals surface area contributed by atoms with Crippen LogP contribution in [0.15, 0.2) is 0 Å². The standard InChI is InChI=1S/C10H19N/c1-8(2)10-7-11-5-3-9(10)4-6-11/h8-10H,3-7H2,1-2H3/t10-/m1/s1. The van der Waals surface area contributed by atoms with Crippen molar-refractivity contribution in [2.45, 2.75) is 26.7 Å². The summed E-state index contributed by atoms with van der Waals surface area (Å²) in [5.74, 6) is 2.99. The van der Waals surface area contributed by atoms with Gasteiger partial charge < -0.3 is 4.90 Å². The smallest absolute Gasteiger partial charge is 0.00148 e. The van der Waals surface area contributed by atoms with Crippen molar-refractivity contribution in [1.29, 1.82) is 0 Å². The molecular weight excluding hydrogens is 134 g/mol. The molecule has 3 saturated heterocycles. The third-order valence-corrected chi connectivity index (χ3v) is 3.56. The topological polar surface area (TPSA) is 3.24 Å². The van der Waals surface area contributed by atoms with Crippen molar-refractivity contribution >= 4 is 0 Å². The van der Waals surface area contributed by atoms with Gasteiger partial charge in [-0.1, -0.05) is 13.8 Å². The molecule has 0 radical (unpaired) electrons. The number of nitrogens with zero attached hydrogens (tertiary/aromatic N) is 1. The van der Waals surface area contributed by atoms with Gasteiger partial charge in [-0.05, 0) is 43.7 Å². The first-order valence-electron chi connectivity index (χ1n) is 4.99. The van der Waals surface area contributed by atoms with E-state index >= 15 is 0 Å². The Hall–Kier alpha value is -0.0400. The summed E-state index contributed by atoms with van der Waals surface area (Å²) in [5.41, 5.74) is 0. The first kappa shape index (κ1) is 7.60. The van der Waals surface area contributed by atoms with E-state index in [1.165, 1.54) is 32.5 Å². The van der Waals surface area contributed by atoms with Crippen LogP contribution in [0.3, 0.4) is 0 Å². The summed E-state index contributed by atoms with van der Waals surface area (Å²) >= 11 is 0. The molecule has 0 aromatic rings. The van der Waals surface area contributed by atoms with Crippen LogP contribution in [0.4, 0.5) is 0 Å². The molecule has 1 atom stereocenters. The van der Waals surface area contributed by atoms with Crippen molar-refractivity contribution in [3.63, 3.8) is 0 Å². The fraction of sp³-hybridized carbons (Fsp3) is 1.00. The summed E-state index contributed by atoms with van der Waals surface area (Å²) in [6.45, 7) is 8.92. The third-order valence-electron chi connectivity index (χ3n) is 3.56. The summed E-state index contributed by atoms with van der Waals surface area (Å²) in [4.78, 5) is 2.64. The van der Waals surface area contributed by atoms with Gasteiger partial charge in [-0.2, -0.15) is 0 Å². The molecule has 3 fully saturated rings. The van der Waals surface area contributed by atoms with Crippen LogP contribution in [0.2, 0.25) is 0 Å². The van der Waals surface area contributed by atoms with Crippen molar-refractivity contribution in [2.24, 2.45) is 17.8 Å². The zero-order chi connectivity index (χ0) is 7.84. The number of hydrogen-bond acceptors (Lipinski definition) is 1. The number of rotatable bonds is 1. The molecule has 0 unspecified atom stereocenters. The Morgan fingerprint density at radius 1 is 1.18 bits per heavy atom. The molecule has 0 aromatic heterocycles. The van der Waals surface area contributed by atoms with Gasteiger partial charge in [0.2, 0.25) is 0 Å². The molecule has 1 heteroatoms. The van der Waals surface area contributed by atoms with E-state index in [9.17, 15) is 0 Å². The Labute approximate surface area is 69.8 Å². The molecule has 0 aliphatic carbocycles.